The summed E-state index contributed by atoms with van der Waals surface area (Å²) in [6, 6.07) is 0.456. The van der Waals surface area contributed by atoms with Crippen LogP contribution < -0.4 is 4.74 Å². The molecule has 2 aromatic rings. The molecule has 0 spiro atoms. The number of aromatic nitrogens is 2. The minimum Gasteiger partial charge on any atom is -0.474 e. The molecule has 2 fully saturated rings. The van der Waals surface area contributed by atoms with Gasteiger partial charge in [0.1, 0.15) is 17.3 Å². The molecule has 31 heavy (non-hydrogen) atoms. The molecule has 0 N–H and O–H groups in total. The molecule has 5 rings (SSSR count). The Labute approximate surface area is 189 Å². The highest BCUT2D eigenvalue weighted by atomic mass is 32.1. The fourth-order valence-corrected chi connectivity index (χ4v) is 6.82. The van der Waals surface area contributed by atoms with Crippen LogP contribution in [0.1, 0.15) is 67.7 Å². The van der Waals surface area contributed by atoms with E-state index >= 15 is 0 Å². The Morgan fingerprint density at radius 2 is 2.00 bits per heavy atom. The van der Waals surface area contributed by atoms with E-state index < -0.39 is 0 Å². The summed E-state index contributed by atoms with van der Waals surface area (Å²) < 4.78 is 6.48. The smallest absolute Gasteiger partial charge is 0.236 e. The Bertz CT molecular complexity index is 931. The van der Waals surface area contributed by atoms with Gasteiger partial charge in [0.2, 0.25) is 11.8 Å². The molecule has 0 bridgehead atoms. The van der Waals surface area contributed by atoms with Crippen molar-refractivity contribution in [1.29, 1.82) is 0 Å². The van der Waals surface area contributed by atoms with Crippen LogP contribution in [0.4, 0.5) is 0 Å². The second kappa shape index (κ2) is 9.02. The maximum absolute atomic E-state index is 12.5. The summed E-state index contributed by atoms with van der Waals surface area (Å²) in [6.45, 7) is 6.56. The van der Waals surface area contributed by atoms with Crippen molar-refractivity contribution in [3.8, 4) is 5.88 Å². The van der Waals surface area contributed by atoms with Crippen LogP contribution in [0.2, 0.25) is 0 Å². The van der Waals surface area contributed by atoms with Crippen molar-refractivity contribution in [3.05, 3.63) is 23.7 Å². The standard InChI is InChI=1S/C24H33N4O2S/c1-3-16-6-11-19-21(16)22-23(25-15-26-24(22)31-19)30-18-9-7-17(8-10-18)27(2)14-20(29)28-12-4-5-13-28/h15-18H,1,3-14H2,2H3/t16-,17?,18?/m1/s1. The number of carbonyl (C=O) groups is 1. The predicted molar refractivity (Wildman–Crippen MR) is 124 cm³/mol. The normalized spacial score (nSPS) is 26.0. The van der Waals surface area contributed by atoms with Gasteiger partial charge in [0.25, 0.3) is 0 Å². The largest absolute Gasteiger partial charge is 0.474 e. The molecule has 7 heteroatoms. The van der Waals surface area contributed by atoms with E-state index in [0.29, 0.717) is 18.5 Å². The first-order chi connectivity index (χ1) is 15.1. The van der Waals surface area contributed by atoms with E-state index in [2.05, 4.69) is 28.8 Å². The third-order valence-corrected chi connectivity index (χ3v) is 8.61. The second-order valence-corrected chi connectivity index (χ2v) is 10.5. The van der Waals surface area contributed by atoms with E-state index in [1.165, 1.54) is 16.9 Å². The van der Waals surface area contributed by atoms with Gasteiger partial charge in [0.15, 0.2) is 0 Å². The van der Waals surface area contributed by atoms with Gasteiger partial charge in [-0.2, -0.15) is 0 Å². The first kappa shape index (κ1) is 21.1. The molecular weight excluding hydrogens is 408 g/mol. The molecular formula is C24H33N4O2S. The van der Waals surface area contributed by atoms with Gasteiger partial charge in [0, 0.05) is 24.0 Å². The molecule has 1 radical (unpaired) electrons. The van der Waals surface area contributed by atoms with E-state index in [1.807, 2.05) is 4.90 Å². The first-order valence-corrected chi connectivity index (χ1v) is 12.7. The molecule has 3 heterocycles. The summed E-state index contributed by atoms with van der Waals surface area (Å²) in [4.78, 5) is 28.3. The summed E-state index contributed by atoms with van der Waals surface area (Å²) >= 11 is 1.80. The molecule has 3 aliphatic rings. The third kappa shape index (κ3) is 4.19. The number of ether oxygens (including phenoxy) is 1. The number of hydrogen-bond acceptors (Lipinski definition) is 6. The van der Waals surface area contributed by atoms with Crippen molar-refractivity contribution in [1.82, 2.24) is 19.8 Å². The van der Waals surface area contributed by atoms with Crippen LogP contribution in [0.5, 0.6) is 5.88 Å². The SMILES string of the molecule is [CH2]C[C@@H]1CCc2sc3ncnc(OC4CCC(N(C)CC(=O)N5CCCC5)CC4)c3c21. The number of hydrogen-bond donors (Lipinski definition) is 0. The lowest BCUT2D eigenvalue weighted by Crippen LogP contribution is -2.44. The van der Waals surface area contributed by atoms with Crippen molar-refractivity contribution in [2.75, 3.05) is 26.7 Å². The first-order valence-electron chi connectivity index (χ1n) is 11.8. The molecule has 2 aliphatic carbocycles. The van der Waals surface area contributed by atoms with Gasteiger partial charge in [-0.3, -0.25) is 9.69 Å². The summed E-state index contributed by atoms with van der Waals surface area (Å²) in [5.41, 5.74) is 1.40. The van der Waals surface area contributed by atoms with Gasteiger partial charge in [-0.15, -0.1) is 11.3 Å². The minimum atomic E-state index is 0.187. The van der Waals surface area contributed by atoms with Crippen LogP contribution in [0, 0.1) is 6.92 Å². The fraction of sp³-hybridized carbons (Fsp3) is 0.667. The van der Waals surface area contributed by atoms with E-state index in [1.54, 1.807) is 17.7 Å². The van der Waals surface area contributed by atoms with Crippen LogP contribution in [0.15, 0.2) is 6.33 Å². The molecule has 2 aromatic heterocycles. The summed E-state index contributed by atoms with van der Waals surface area (Å²) in [6.07, 6.45) is 11.5. The van der Waals surface area contributed by atoms with Crippen molar-refractivity contribution in [2.45, 2.75) is 75.9 Å². The Balaban J connectivity index is 1.21. The van der Waals surface area contributed by atoms with Gasteiger partial charge in [0.05, 0.1) is 11.9 Å². The maximum Gasteiger partial charge on any atom is 0.236 e. The minimum absolute atomic E-state index is 0.187. The Morgan fingerprint density at radius 3 is 2.74 bits per heavy atom. The molecule has 6 nitrogen and oxygen atoms in total. The maximum atomic E-state index is 12.5. The third-order valence-electron chi connectivity index (χ3n) is 7.43. The Hall–Kier alpha value is -1.73. The monoisotopic (exact) mass is 441 g/mol. The average molecular weight is 442 g/mol. The summed E-state index contributed by atoms with van der Waals surface area (Å²) in [5.74, 6) is 1.56. The number of aryl methyl sites for hydroxylation is 1. The van der Waals surface area contributed by atoms with Crippen LogP contribution in [0.3, 0.4) is 0 Å². The molecule has 1 atom stereocenters. The van der Waals surface area contributed by atoms with Gasteiger partial charge < -0.3 is 9.64 Å². The summed E-state index contributed by atoms with van der Waals surface area (Å²) in [7, 11) is 2.10. The van der Waals surface area contributed by atoms with E-state index in [9.17, 15) is 4.79 Å². The molecule has 167 valence electrons. The predicted octanol–water partition coefficient (Wildman–Crippen LogP) is 4.19. The lowest BCUT2D eigenvalue weighted by atomic mass is 9.92. The number of likely N-dealkylation sites (tertiary alicyclic amines) is 1. The second-order valence-electron chi connectivity index (χ2n) is 9.37. The number of amides is 1. The van der Waals surface area contributed by atoms with Crippen LogP contribution in [-0.2, 0) is 11.2 Å². The number of carbonyl (C=O) groups excluding carboxylic acids is 1. The van der Waals surface area contributed by atoms with Crippen molar-refractivity contribution in [3.63, 3.8) is 0 Å². The number of fused-ring (bicyclic) bond motifs is 3. The van der Waals surface area contributed by atoms with Crippen molar-refractivity contribution < 1.29 is 9.53 Å². The summed E-state index contributed by atoms with van der Waals surface area (Å²) in [5, 5.41) is 1.14. The van der Waals surface area contributed by atoms with Crippen LogP contribution >= 0.6 is 11.3 Å². The molecule has 1 aliphatic heterocycles. The van der Waals surface area contributed by atoms with E-state index in [0.717, 1.165) is 80.6 Å². The van der Waals surface area contributed by atoms with E-state index in [4.69, 9.17) is 4.74 Å². The molecule has 0 aromatic carbocycles. The van der Waals surface area contributed by atoms with Gasteiger partial charge in [-0.1, -0.05) is 6.92 Å². The Kier molecular flexibility index (Phi) is 6.15. The molecule has 1 saturated carbocycles. The number of thiophene rings is 1. The van der Waals surface area contributed by atoms with Crippen molar-refractivity contribution in [2.24, 2.45) is 0 Å². The molecule has 1 saturated heterocycles. The number of likely N-dealkylation sites (N-methyl/N-ethyl adjacent to an activating group) is 1. The fourth-order valence-electron chi connectivity index (χ4n) is 5.59. The zero-order valence-corrected chi connectivity index (χ0v) is 19.3. The number of rotatable bonds is 6. The van der Waals surface area contributed by atoms with Crippen LogP contribution in [0.25, 0.3) is 10.2 Å². The Morgan fingerprint density at radius 1 is 1.23 bits per heavy atom. The highest BCUT2D eigenvalue weighted by molar-refractivity contribution is 7.19. The van der Waals surface area contributed by atoms with Crippen molar-refractivity contribution >= 4 is 27.5 Å². The highest BCUT2D eigenvalue weighted by Gasteiger charge is 2.31. The zero-order valence-electron chi connectivity index (χ0n) is 18.5. The number of nitrogens with zero attached hydrogens (tertiary/aromatic N) is 4. The lowest BCUT2D eigenvalue weighted by Gasteiger charge is -2.35. The van der Waals surface area contributed by atoms with Gasteiger partial charge in [-0.25, -0.2) is 9.97 Å². The van der Waals surface area contributed by atoms with E-state index in [-0.39, 0.29) is 12.0 Å². The highest BCUT2D eigenvalue weighted by Crippen LogP contribution is 2.47. The average Bonchev–Trinajstić information content (AvgIpc) is 3.51. The van der Waals surface area contributed by atoms with Crippen LogP contribution in [-0.4, -0.2) is 64.5 Å². The zero-order chi connectivity index (χ0) is 21.4. The topological polar surface area (TPSA) is 58.6 Å². The molecule has 0 unspecified atom stereocenters. The molecule has 1 amide bonds. The van der Waals surface area contributed by atoms with Gasteiger partial charge >= 0.3 is 0 Å². The lowest BCUT2D eigenvalue weighted by molar-refractivity contribution is -0.131. The van der Waals surface area contributed by atoms with Gasteiger partial charge in [-0.05, 0) is 76.3 Å². The quantitative estimate of drug-likeness (QED) is 0.673.